The minimum Gasteiger partial charge on any atom is -0.465 e. The van der Waals surface area contributed by atoms with Crippen molar-refractivity contribution in [2.24, 2.45) is 0 Å². The van der Waals surface area contributed by atoms with Gasteiger partial charge in [-0.15, -0.1) is 0 Å². The molecule has 2 fully saturated rings. The normalized spacial score (nSPS) is 23.2. The van der Waals surface area contributed by atoms with Gasteiger partial charge in [-0.05, 0) is 41.8 Å². The molecule has 2 unspecified atom stereocenters. The highest BCUT2D eigenvalue weighted by atomic mass is 19.1. The highest BCUT2D eigenvalue weighted by molar-refractivity contribution is 6.06. The van der Waals surface area contributed by atoms with E-state index >= 15 is 0 Å². The number of hydrogen-bond donors (Lipinski definition) is 3. The van der Waals surface area contributed by atoms with E-state index in [0.29, 0.717) is 36.1 Å². The molecule has 238 valence electrons. The number of carbonyl (C=O) groups is 4. The molecule has 5 heterocycles. The van der Waals surface area contributed by atoms with Gasteiger partial charge in [-0.3, -0.25) is 24.3 Å². The Balaban J connectivity index is 1.16. The van der Waals surface area contributed by atoms with Crippen LogP contribution in [0.2, 0.25) is 0 Å². The van der Waals surface area contributed by atoms with Crippen LogP contribution in [0.1, 0.15) is 28.4 Å². The zero-order chi connectivity index (χ0) is 32.2. The van der Waals surface area contributed by atoms with E-state index in [1.807, 2.05) is 6.07 Å². The molecule has 46 heavy (non-hydrogen) atoms. The smallest absolute Gasteiger partial charge is 0.408 e. The van der Waals surface area contributed by atoms with Crippen molar-refractivity contribution in [2.75, 3.05) is 50.2 Å². The van der Waals surface area contributed by atoms with E-state index in [1.165, 1.54) is 6.20 Å². The Morgan fingerprint density at radius 1 is 1.07 bits per heavy atom. The van der Waals surface area contributed by atoms with Crippen molar-refractivity contribution in [3.8, 4) is 0 Å². The van der Waals surface area contributed by atoms with Crippen LogP contribution in [-0.2, 0) is 42.1 Å². The maximum Gasteiger partial charge on any atom is 0.408 e. The third-order valence-corrected chi connectivity index (χ3v) is 9.07. The number of anilines is 2. The van der Waals surface area contributed by atoms with Gasteiger partial charge in [0.1, 0.15) is 24.0 Å². The van der Waals surface area contributed by atoms with Crippen LogP contribution < -0.4 is 10.6 Å². The molecule has 0 radical (unpaired) electrons. The van der Waals surface area contributed by atoms with Gasteiger partial charge < -0.3 is 30.1 Å². The summed E-state index contributed by atoms with van der Waals surface area (Å²) in [6.45, 7) is -1.40. The fourth-order valence-corrected chi connectivity index (χ4v) is 6.93. The number of carbonyl (C=O) groups excluding carboxylic acids is 3. The molecule has 0 saturated carbocycles. The number of fused-ring (bicyclic) bond motifs is 3. The molecular formula is C31H28F2N6O7. The molecule has 3 aliphatic heterocycles. The molecule has 0 bridgehead atoms. The van der Waals surface area contributed by atoms with Crippen molar-refractivity contribution in [1.82, 2.24) is 19.8 Å². The van der Waals surface area contributed by atoms with Crippen LogP contribution in [0, 0.1) is 11.6 Å². The zero-order valence-electron chi connectivity index (χ0n) is 24.3. The Labute approximate surface area is 260 Å². The Morgan fingerprint density at radius 2 is 1.80 bits per heavy atom. The van der Waals surface area contributed by atoms with E-state index in [0.717, 1.165) is 33.1 Å². The van der Waals surface area contributed by atoms with E-state index in [9.17, 15) is 33.1 Å². The first-order valence-electron chi connectivity index (χ1n) is 14.6. The van der Waals surface area contributed by atoms with Crippen molar-refractivity contribution in [3.05, 3.63) is 82.8 Å². The minimum absolute atomic E-state index is 0.0238. The van der Waals surface area contributed by atoms with Gasteiger partial charge in [0, 0.05) is 36.5 Å². The quantitative estimate of drug-likeness (QED) is 0.390. The minimum atomic E-state index is -1.82. The molecule has 1 aromatic carbocycles. The molecule has 3 aromatic rings. The average molecular weight is 635 g/mol. The Bertz CT molecular complexity index is 1760. The first-order valence-corrected chi connectivity index (χ1v) is 14.6. The fourth-order valence-electron chi connectivity index (χ4n) is 6.93. The van der Waals surface area contributed by atoms with E-state index < -0.39 is 59.6 Å². The molecule has 4 amide bonds. The summed E-state index contributed by atoms with van der Waals surface area (Å²) >= 11 is 0. The lowest BCUT2D eigenvalue weighted by Crippen LogP contribution is -2.71. The number of ether oxygens (including phenoxy) is 2. The number of nitrogens with one attached hydrogen (secondary N) is 2. The predicted octanol–water partition coefficient (Wildman–Crippen LogP) is 2.03. The summed E-state index contributed by atoms with van der Waals surface area (Å²) in [7, 11) is 0. The Morgan fingerprint density at radius 3 is 2.52 bits per heavy atom. The van der Waals surface area contributed by atoms with E-state index in [4.69, 9.17) is 9.47 Å². The zero-order valence-corrected chi connectivity index (χ0v) is 24.3. The SMILES string of the molecule is O=C(CN1C(=O)C2(COCCOC2)N(C(=O)O)CC1c1cc(F)cc(F)c1)Nc1cnc2c(c1)CC1(C2)C(=O)Nc2ncccc21. The molecule has 13 nitrogen and oxygen atoms in total. The predicted molar refractivity (Wildman–Crippen MR) is 155 cm³/mol. The third kappa shape index (κ3) is 4.82. The molecule has 2 saturated heterocycles. The van der Waals surface area contributed by atoms with Crippen LogP contribution in [0.4, 0.5) is 25.1 Å². The van der Waals surface area contributed by atoms with Gasteiger partial charge in [-0.25, -0.2) is 18.6 Å². The first kappa shape index (κ1) is 29.7. The van der Waals surface area contributed by atoms with Crippen LogP contribution in [0.3, 0.4) is 0 Å². The van der Waals surface area contributed by atoms with Gasteiger partial charge in [0.2, 0.25) is 11.8 Å². The molecule has 2 atom stereocenters. The monoisotopic (exact) mass is 634 g/mol. The van der Waals surface area contributed by atoms with Crippen molar-refractivity contribution >= 4 is 35.3 Å². The summed E-state index contributed by atoms with van der Waals surface area (Å²) in [5, 5.41) is 15.7. The van der Waals surface area contributed by atoms with Gasteiger partial charge in [0.05, 0.1) is 49.8 Å². The van der Waals surface area contributed by atoms with Crippen molar-refractivity contribution in [1.29, 1.82) is 0 Å². The van der Waals surface area contributed by atoms with Crippen LogP contribution in [0.5, 0.6) is 0 Å². The molecule has 3 N–H and O–H groups in total. The molecule has 4 aliphatic rings. The van der Waals surface area contributed by atoms with Crippen LogP contribution in [0.15, 0.2) is 48.8 Å². The molecule has 1 aliphatic carbocycles. The van der Waals surface area contributed by atoms with E-state index in [-0.39, 0.29) is 37.9 Å². The highest BCUT2D eigenvalue weighted by Crippen LogP contribution is 2.46. The van der Waals surface area contributed by atoms with Crippen molar-refractivity contribution in [3.63, 3.8) is 0 Å². The summed E-state index contributed by atoms with van der Waals surface area (Å²) in [5.41, 5.74) is -0.147. The lowest BCUT2D eigenvalue weighted by molar-refractivity contribution is -0.163. The average Bonchev–Trinajstić information content (AvgIpc) is 3.40. The third-order valence-electron chi connectivity index (χ3n) is 9.07. The fraction of sp³-hybridized carbons (Fsp3) is 0.355. The highest BCUT2D eigenvalue weighted by Gasteiger charge is 2.56. The van der Waals surface area contributed by atoms with Crippen LogP contribution >= 0.6 is 0 Å². The Hall–Kier alpha value is -5.02. The second kappa shape index (κ2) is 11.1. The molecule has 2 spiro atoms. The number of hydrogen-bond acceptors (Lipinski definition) is 8. The summed E-state index contributed by atoms with van der Waals surface area (Å²) < 4.78 is 39.7. The lowest BCUT2D eigenvalue weighted by Gasteiger charge is -2.50. The number of amides is 4. The number of pyridine rings is 2. The van der Waals surface area contributed by atoms with Crippen LogP contribution in [-0.4, -0.2) is 93.7 Å². The summed E-state index contributed by atoms with van der Waals surface area (Å²) in [5.74, 6) is -2.98. The first-order chi connectivity index (χ1) is 22.1. The summed E-state index contributed by atoms with van der Waals surface area (Å²) in [6, 6.07) is 6.78. The molecular weight excluding hydrogens is 606 g/mol. The molecule has 7 rings (SSSR count). The van der Waals surface area contributed by atoms with Gasteiger partial charge in [0.25, 0.3) is 5.91 Å². The van der Waals surface area contributed by atoms with Gasteiger partial charge in [0.15, 0.2) is 5.54 Å². The number of carboxylic acid groups (broad SMARTS) is 1. The van der Waals surface area contributed by atoms with Crippen LogP contribution in [0.25, 0.3) is 0 Å². The Kier molecular flexibility index (Phi) is 7.16. The second-order valence-corrected chi connectivity index (χ2v) is 11.8. The summed E-state index contributed by atoms with van der Waals surface area (Å²) in [6.07, 6.45) is 2.30. The lowest BCUT2D eigenvalue weighted by atomic mass is 9.80. The van der Waals surface area contributed by atoms with Gasteiger partial charge >= 0.3 is 6.09 Å². The standard InChI is InChI=1S/C31H28F2N6O7/c32-19-6-17(7-20(33)9-19)24-13-39(29(43)44)31(15-45-4-5-46-16-31)28(42)38(24)14-25(40)36-21-8-18-10-30(11-23(18)35-12-21)22-2-1-3-34-26(22)37-27(30)41/h1-3,6-9,12,24H,4-5,10-11,13-16H2,(H,36,40)(H,43,44)(H,34,37,41). The van der Waals surface area contributed by atoms with Crippen molar-refractivity contribution in [2.45, 2.75) is 29.8 Å². The second-order valence-electron chi connectivity index (χ2n) is 11.8. The number of nitrogens with zero attached hydrogens (tertiary/aromatic N) is 4. The number of piperazine rings is 1. The summed E-state index contributed by atoms with van der Waals surface area (Å²) in [4.78, 5) is 63.9. The number of benzene rings is 1. The molecule has 15 heteroatoms. The maximum absolute atomic E-state index is 14.3. The van der Waals surface area contributed by atoms with E-state index in [1.54, 1.807) is 18.3 Å². The van der Waals surface area contributed by atoms with Gasteiger partial charge in [-0.2, -0.15) is 0 Å². The van der Waals surface area contributed by atoms with Crippen molar-refractivity contribution < 1.29 is 42.5 Å². The molecule has 2 aromatic heterocycles. The largest absolute Gasteiger partial charge is 0.465 e. The number of halogens is 2. The number of rotatable bonds is 4. The maximum atomic E-state index is 14.3. The topological polar surface area (TPSA) is 163 Å². The van der Waals surface area contributed by atoms with Gasteiger partial charge in [-0.1, -0.05) is 6.07 Å². The van der Waals surface area contributed by atoms with E-state index in [2.05, 4.69) is 20.6 Å². The number of aromatic nitrogens is 2.